The highest BCUT2D eigenvalue weighted by atomic mass is 16.5. The van der Waals surface area contributed by atoms with Gasteiger partial charge in [0.05, 0.1) is 0 Å². The van der Waals surface area contributed by atoms with E-state index in [1.807, 2.05) is 36.4 Å². The minimum atomic E-state index is -0.704. The van der Waals surface area contributed by atoms with Gasteiger partial charge in [-0.1, -0.05) is 30.3 Å². The van der Waals surface area contributed by atoms with Crippen LogP contribution in [0.15, 0.2) is 67.5 Å². The third-order valence-corrected chi connectivity index (χ3v) is 4.28. The first-order valence-electron chi connectivity index (χ1n) is 8.33. The molecule has 1 aromatic carbocycles. The van der Waals surface area contributed by atoms with E-state index in [2.05, 4.69) is 20.1 Å². The number of amides is 1. The quantitative estimate of drug-likeness (QED) is 0.417. The summed E-state index contributed by atoms with van der Waals surface area (Å²) in [5, 5.41) is 14.6. The van der Waals surface area contributed by atoms with Crippen LogP contribution in [0.25, 0.3) is 22.2 Å². The van der Waals surface area contributed by atoms with Crippen LogP contribution in [-0.2, 0) is 11.2 Å². The molecule has 0 radical (unpaired) electrons. The molecule has 1 atom stereocenters. The Morgan fingerprint density at radius 1 is 1.15 bits per heavy atom. The number of benzene rings is 1. The molecule has 134 valence electrons. The van der Waals surface area contributed by atoms with Gasteiger partial charge in [-0.2, -0.15) is 5.10 Å². The molecule has 0 saturated heterocycles. The van der Waals surface area contributed by atoms with E-state index < -0.39 is 11.9 Å². The lowest BCUT2D eigenvalue weighted by molar-refractivity contribution is -0.132. The van der Waals surface area contributed by atoms with Gasteiger partial charge in [0.15, 0.2) is 0 Å². The van der Waals surface area contributed by atoms with Crippen LogP contribution in [-0.4, -0.2) is 35.8 Å². The molecule has 3 heterocycles. The molecule has 0 spiro atoms. The molecule has 4 aromatic rings. The molecule has 27 heavy (non-hydrogen) atoms. The van der Waals surface area contributed by atoms with E-state index in [4.69, 9.17) is 0 Å². The van der Waals surface area contributed by atoms with Crippen molar-refractivity contribution in [2.75, 3.05) is 0 Å². The summed E-state index contributed by atoms with van der Waals surface area (Å²) in [6, 6.07) is 10.7. The van der Waals surface area contributed by atoms with Gasteiger partial charge in [-0.15, -0.1) is 0 Å². The first kappa shape index (κ1) is 16.8. The van der Waals surface area contributed by atoms with Crippen LogP contribution < -0.4 is 5.48 Å². The summed E-state index contributed by atoms with van der Waals surface area (Å²) in [4.78, 5) is 24.7. The number of hydroxylamine groups is 1. The molecule has 0 bridgehead atoms. The van der Waals surface area contributed by atoms with Crippen molar-refractivity contribution in [3.63, 3.8) is 0 Å². The number of carbonyl (C=O) groups is 1. The molecule has 1 amide bonds. The van der Waals surface area contributed by atoms with Gasteiger partial charge in [0.2, 0.25) is 0 Å². The Morgan fingerprint density at radius 2 is 1.93 bits per heavy atom. The first-order valence-corrected chi connectivity index (χ1v) is 8.33. The average Bonchev–Trinajstić information content (AvgIpc) is 3.17. The van der Waals surface area contributed by atoms with Crippen molar-refractivity contribution < 1.29 is 10.0 Å². The van der Waals surface area contributed by atoms with Crippen LogP contribution in [0.3, 0.4) is 0 Å². The molecule has 0 aliphatic rings. The number of aromatic nitrogens is 5. The van der Waals surface area contributed by atoms with Crippen molar-refractivity contribution in [1.82, 2.24) is 30.2 Å². The van der Waals surface area contributed by atoms with Crippen LogP contribution in [0.4, 0.5) is 0 Å². The van der Waals surface area contributed by atoms with Crippen LogP contribution in [0.1, 0.15) is 11.6 Å². The number of rotatable bonds is 5. The van der Waals surface area contributed by atoms with Gasteiger partial charge < -0.3 is 0 Å². The van der Waals surface area contributed by atoms with E-state index in [9.17, 15) is 10.0 Å². The third kappa shape index (κ3) is 3.38. The van der Waals surface area contributed by atoms with E-state index >= 15 is 0 Å². The predicted octanol–water partition coefficient (Wildman–Crippen LogP) is 2.18. The Hall–Kier alpha value is -3.65. The molecule has 0 fully saturated rings. The fourth-order valence-corrected chi connectivity index (χ4v) is 2.98. The van der Waals surface area contributed by atoms with Gasteiger partial charge >= 0.3 is 0 Å². The Balaban J connectivity index is 1.78. The van der Waals surface area contributed by atoms with Crippen molar-refractivity contribution in [1.29, 1.82) is 0 Å². The zero-order chi connectivity index (χ0) is 18.6. The van der Waals surface area contributed by atoms with E-state index in [0.29, 0.717) is 17.6 Å². The van der Waals surface area contributed by atoms with Crippen LogP contribution in [0, 0.1) is 0 Å². The highest BCUT2D eigenvalue weighted by molar-refractivity contribution is 5.91. The zero-order valence-electron chi connectivity index (χ0n) is 14.2. The molecular formula is C19H16N6O2. The Kier molecular flexibility index (Phi) is 4.54. The molecule has 8 heteroatoms. The minimum absolute atomic E-state index is 0.387. The molecule has 4 rings (SSSR count). The average molecular weight is 360 g/mol. The Bertz CT molecular complexity index is 1070. The van der Waals surface area contributed by atoms with Crippen molar-refractivity contribution in [2.24, 2.45) is 0 Å². The molecule has 8 nitrogen and oxygen atoms in total. The fourth-order valence-electron chi connectivity index (χ4n) is 2.98. The summed E-state index contributed by atoms with van der Waals surface area (Å²) in [5.41, 5.74) is 4.70. The standard InChI is InChI=1S/C19H16N6O2/c26-19(24-27)16(8-13-4-2-1-3-5-13)25-11-14-6-7-22-17(18(14)23-25)15-9-20-12-21-10-15/h1-7,9-12,16,27H,8H2,(H,24,26). The maximum absolute atomic E-state index is 12.3. The second kappa shape index (κ2) is 7.30. The number of hydrogen-bond acceptors (Lipinski definition) is 6. The van der Waals surface area contributed by atoms with Crippen molar-refractivity contribution >= 4 is 16.8 Å². The number of carbonyl (C=O) groups excluding carboxylic acids is 1. The number of pyridine rings is 1. The normalized spacial score (nSPS) is 12.0. The Morgan fingerprint density at radius 3 is 2.67 bits per heavy atom. The summed E-state index contributed by atoms with van der Waals surface area (Å²) in [5.74, 6) is -0.538. The van der Waals surface area contributed by atoms with Gasteiger partial charge in [0, 0.05) is 42.2 Å². The minimum Gasteiger partial charge on any atom is -0.289 e. The van der Waals surface area contributed by atoms with E-state index in [1.54, 1.807) is 34.9 Å². The third-order valence-electron chi connectivity index (χ3n) is 4.28. The summed E-state index contributed by atoms with van der Waals surface area (Å²) >= 11 is 0. The number of hydrogen-bond donors (Lipinski definition) is 2. The van der Waals surface area contributed by atoms with E-state index in [1.165, 1.54) is 6.33 Å². The summed E-state index contributed by atoms with van der Waals surface area (Å²) in [7, 11) is 0. The van der Waals surface area contributed by atoms with E-state index in [0.717, 1.165) is 16.5 Å². The van der Waals surface area contributed by atoms with Crippen LogP contribution in [0.2, 0.25) is 0 Å². The lowest BCUT2D eigenvalue weighted by Gasteiger charge is -2.15. The molecule has 0 aliphatic heterocycles. The summed E-state index contributed by atoms with van der Waals surface area (Å²) in [6.07, 6.45) is 8.61. The lowest BCUT2D eigenvalue weighted by atomic mass is 10.1. The monoisotopic (exact) mass is 360 g/mol. The SMILES string of the molecule is O=C(NO)C(Cc1ccccc1)n1cc2ccnc(-c3cncnc3)c2n1. The molecule has 0 saturated carbocycles. The van der Waals surface area contributed by atoms with Gasteiger partial charge in [-0.05, 0) is 11.6 Å². The first-order chi connectivity index (χ1) is 13.3. The number of nitrogens with zero attached hydrogens (tertiary/aromatic N) is 5. The van der Waals surface area contributed by atoms with Crippen LogP contribution in [0.5, 0.6) is 0 Å². The predicted molar refractivity (Wildman–Crippen MR) is 97.7 cm³/mol. The van der Waals surface area contributed by atoms with Gasteiger partial charge in [-0.25, -0.2) is 15.4 Å². The molecule has 1 unspecified atom stereocenters. The summed E-state index contributed by atoms with van der Waals surface area (Å²) < 4.78 is 1.55. The van der Waals surface area contributed by atoms with Crippen molar-refractivity contribution in [3.8, 4) is 11.3 Å². The number of nitrogens with one attached hydrogen (secondary N) is 1. The van der Waals surface area contributed by atoms with Crippen molar-refractivity contribution in [2.45, 2.75) is 12.5 Å². The highest BCUT2D eigenvalue weighted by Crippen LogP contribution is 2.26. The Labute approximate surface area is 154 Å². The van der Waals surface area contributed by atoms with Gasteiger partial charge in [-0.3, -0.25) is 19.7 Å². The highest BCUT2D eigenvalue weighted by Gasteiger charge is 2.23. The van der Waals surface area contributed by atoms with E-state index in [-0.39, 0.29) is 0 Å². The maximum atomic E-state index is 12.3. The second-order valence-corrected chi connectivity index (χ2v) is 6.02. The molecular weight excluding hydrogens is 344 g/mol. The lowest BCUT2D eigenvalue weighted by Crippen LogP contribution is -2.32. The zero-order valence-corrected chi connectivity index (χ0v) is 14.2. The van der Waals surface area contributed by atoms with Gasteiger partial charge in [0.1, 0.15) is 23.6 Å². The maximum Gasteiger partial charge on any atom is 0.268 e. The molecule has 2 N–H and O–H groups in total. The largest absolute Gasteiger partial charge is 0.289 e. The number of fused-ring (bicyclic) bond motifs is 1. The van der Waals surface area contributed by atoms with Crippen molar-refractivity contribution in [3.05, 3.63) is 73.1 Å². The second-order valence-electron chi connectivity index (χ2n) is 6.02. The molecule has 3 aromatic heterocycles. The van der Waals surface area contributed by atoms with Crippen LogP contribution >= 0.6 is 0 Å². The summed E-state index contributed by atoms with van der Waals surface area (Å²) in [6.45, 7) is 0. The topological polar surface area (TPSA) is 106 Å². The fraction of sp³-hybridized carbons (Fsp3) is 0.105. The molecule has 0 aliphatic carbocycles. The van der Waals surface area contributed by atoms with Gasteiger partial charge in [0.25, 0.3) is 5.91 Å². The smallest absolute Gasteiger partial charge is 0.268 e.